The van der Waals surface area contributed by atoms with E-state index in [-0.39, 0.29) is 16.2 Å². The Morgan fingerprint density at radius 3 is 2.79 bits per heavy atom. The number of hydrogen-bond acceptors (Lipinski definition) is 4. The molecule has 2 heterocycles. The molecule has 0 aliphatic carbocycles. The fourth-order valence-corrected chi connectivity index (χ4v) is 3.75. The molecular weight excluding hydrogens is 288 g/mol. The first-order chi connectivity index (χ1) is 8.92. The molecular formula is C11H19ClN4O2S. The number of rotatable bonds is 4. The van der Waals surface area contributed by atoms with Gasteiger partial charge in [0.1, 0.15) is 5.15 Å². The van der Waals surface area contributed by atoms with Gasteiger partial charge >= 0.3 is 0 Å². The highest BCUT2D eigenvalue weighted by molar-refractivity contribution is 7.89. The first-order valence-electron chi connectivity index (χ1n) is 6.28. The topological polar surface area (TPSA) is 67.2 Å². The van der Waals surface area contributed by atoms with E-state index < -0.39 is 10.0 Å². The molecule has 1 aromatic rings. The largest absolute Gasteiger partial charge is 0.324 e. The highest BCUT2D eigenvalue weighted by Crippen LogP contribution is 2.19. The van der Waals surface area contributed by atoms with Gasteiger partial charge in [0.25, 0.3) is 10.0 Å². The van der Waals surface area contributed by atoms with Crippen molar-refractivity contribution >= 4 is 21.6 Å². The van der Waals surface area contributed by atoms with E-state index in [0.29, 0.717) is 6.54 Å². The van der Waals surface area contributed by atoms with Crippen LogP contribution in [-0.2, 0) is 17.1 Å². The summed E-state index contributed by atoms with van der Waals surface area (Å²) in [4.78, 5) is 6.02. The van der Waals surface area contributed by atoms with Gasteiger partial charge in [-0.05, 0) is 26.4 Å². The molecule has 1 atom stereocenters. The maximum atomic E-state index is 12.1. The second kappa shape index (κ2) is 5.78. The smallest absolute Gasteiger partial charge is 0.261 e. The summed E-state index contributed by atoms with van der Waals surface area (Å²) in [5, 5.41) is 0.0274. The highest BCUT2D eigenvalue weighted by Gasteiger charge is 2.25. The van der Waals surface area contributed by atoms with Gasteiger partial charge in [0.15, 0.2) is 0 Å². The van der Waals surface area contributed by atoms with Crippen molar-refractivity contribution in [3.8, 4) is 0 Å². The van der Waals surface area contributed by atoms with Crippen LogP contribution in [-0.4, -0.2) is 49.0 Å². The number of hydrogen-bond donors (Lipinski definition) is 1. The fraction of sp³-hybridized carbons (Fsp3) is 0.727. The number of imidazole rings is 1. The van der Waals surface area contributed by atoms with E-state index in [1.165, 1.54) is 17.3 Å². The SMILES string of the molecule is CN1CCCCC1CNS(=O)(=O)c1ncn(C)c1Cl. The lowest BCUT2D eigenvalue weighted by Gasteiger charge is -2.32. The standard InChI is InChI=1S/C11H19ClN4O2S/c1-15-6-4-3-5-9(15)7-14-19(17,18)11-10(12)16(2)8-13-11/h8-9,14H,3-7H2,1-2H3. The normalized spacial score (nSPS) is 21.7. The predicted molar refractivity (Wildman–Crippen MR) is 73.7 cm³/mol. The van der Waals surface area contributed by atoms with Gasteiger partial charge in [0, 0.05) is 19.6 Å². The molecule has 6 nitrogen and oxygen atoms in total. The van der Waals surface area contributed by atoms with E-state index in [0.717, 1.165) is 19.4 Å². The summed E-state index contributed by atoms with van der Waals surface area (Å²) >= 11 is 5.91. The van der Waals surface area contributed by atoms with Gasteiger partial charge in [-0.1, -0.05) is 18.0 Å². The number of halogens is 1. The molecule has 1 aromatic heterocycles. The molecule has 0 radical (unpaired) electrons. The van der Waals surface area contributed by atoms with Crippen molar-refractivity contribution < 1.29 is 8.42 Å². The fourth-order valence-electron chi connectivity index (χ4n) is 2.25. The zero-order valence-electron chi connectivity index (χ0n) is 11.1. The maximum absolute atomic E-state index is 12.1. The van der Waals surface area contributed by atoms with Crippen molar-refractivity contribution in [2.45, 2.75) is 30.3 Å². The minimum absolute atomic E-state index is 0.102. The first kappa shape index (κ1) is 14.8. The summed E-state index contributed by atoms with van der Waals surface area (Å²) < 4.78 is 28.3. The van der Waals surface area contributed by atoms with Crippen LogP contribution >= 0.6 is 11.6 Å². The second-order valence-corrected chi connectivity index (χ2v) is 6.97. The molecule has 0 aromatic carbocycles. The van der Waals surface area contributed by atoms with Crippen LogP contribution in [0.2, 0.25) is 5.15 Å². The van der Waals surface area contributed by atoms with Gasteiger partial charge in [-0.15, -0.1) is 0 Å². The van der Waals surface area contributed by atoms with Gasteiger partial charge in [-0.3, -0.25) is 0 Å². The van der Waals surface area contributed by atoms with Crippen LogP contribution in [0, 0.1) is 0 Å². The Kier molecular flexibility index (Phi) is 4.50. The molecule has 0 amide bonds. The molecule has 1 saturated heterocycles. The van der Waals surface area contributed by atoms with Crippen molar-refractivity contribution in [3.63, 3.8) is 0 Å². The van der Waals surface area contributed by atoms with Crippen molar-refractivity contribution in [2.24, 2.45) is 7.05 Å². The Bertz CT molecular complexity index is 543. The number of piperidine rings is 1. The minimum Gasteiger partial charge on any atom is -0.324 e. The van der Waals surface area contributed by atoms with Gasteiger partial charge < -0.3 is 9.47 Å². The maximum Gasteiger partial charge on any atom is 0.261 e. The monoisotopic (exact) mass is 306 g/mol. The Morgan fingerprint density at radius 1 is 1.47 bits per heavy atom. The number of aromatic nitrogens is 2. The Balaban J connectivity index is 2.04. The summed E-state index contributed by atoms with van der Waals surface area (Å²) in [6.07, 6.45) is 4.71. The molecule has 2 rings (SSSR count). The van der Waals surface area contributed by atoms with Gasteiger partial charge in [-0.2, -0.15) is 0 Å². The molecule has 1 fully saturated rings. The Hall–Kier alpha value is -0.630. The van der Waals surface area contributed by atoms with E-state index in [1.807, 2.05) is 7.05 Å². The van der Waals surface area contributed by atoms with E-state index >= 15 is 0 Å². The number of aryl methyl sites for hydroxylation is 1. The number of nitrogens with zero attached hydrogens (tertiary/aromatic N) is 3. The van der Waals surface area contributed by atoms with Crippen LogP contribution in [0.1, 0.15) is 19.3 Å². The van der Waals surface area contributed by atoms with E-state index in [2.05, 4.69) is 14.6 Å². The third-order valence-corrected chi connectivity index (χ3v) is 5.43. The van der Waals surface area contributed by atoms with Crippen LogP contribution in [0.15, 0.2) is 11.4 Å². The minimum atomic E-state index is -3.63. The van der Waals surface area contributed by atoms with Crippen LogP contribution < -0.4 is 4.72 Å². The second-order valence-electron chi connectivity index (χ2n) is 4.93. The summed E-state index contributed by atoms with van der Waals surface area (Å²) in [5.74, 6) is 0. The molecule has 0 bridgehead atoms. The molecule has 8 heteroatoms. The molecule has 0 saturated carbocycles. The average molecular weight is 307 g/mol. The summed E-state index contributed by atoms with van der Waals surface area (Å²) in [7, 11) is 0.0423. The third-order valence-electron chi connectivity index (χ3n) is 3.52. The van der Waals surface area contributed by atoms with Crippen molar-refractivity contribution in [2.75, 3.05) is 20.1 Å². The van der Waals surface area contributed by atoms with E-state index in [9.17, 15) is 8.42 Å². The summed E-state index contributed by atoms with van der Waals surface area (Å²) in [6.45, 7) is 1.41. The van der Waals surface area contributed by atoms with Crippen molar-refractivity contribution in [1.29, 1.82) is 0 Å². The molecule has 0 spiro atoms. The molecule has 1 N–H and O–H groups in total. The Morgan fingerprint density at radius 2 is 2.21 bits per heavy atom. The number of sulfonamides is 1. The van der Waals surface area contributed by atoms with E-state index in [4.69, 9.17) is 11.6 Å². The number of likely N-dealkylation sites (N-methyl/N-ethyl adjacent to an activating group) is 1. The highest BCUT2D eigenvalue weighted by atomic mass is 35.5. The van der Waals surface area contributed by atoms with Crippen LogP contribution in [0.4, 0.5) is 0 Å². The lowest BCUT2D eigenvalue weighted by atomic mass is 10.0. The van der Waals surface area contributed by atoms with Gasteiger partial charge in [-0.25, -0.2) is 18.1 Å². The van der Waals surface area contributed by atoms with Crippen LogP contribution in [0.25, 0.3) is 0 Å². The average Bonchev–Trinajstić information content (AvgIpc) is 2.70. The molecule has 19 heavy (non-hydrogen) atoms. The van der Waals surface area contributed by atoms with E-state index in [1.54, 1.807) is 7.05 Å². The first-order valence-corrected chi connectivity index (χ1v) is 8.14. The van der Waals surface area contributed by atoms with Crippen molar-refractivity contribution in [3.05, 3.63) is 11.5 Å². The number of nitrogens with one attached hydrogen (secondary N) is 1. The van der Waals surface area contributed by atoms with Crippen LogP contribution in [0.5, 0.6) is 0 Å². The molecule has 1 unspecified atom stereocenters. The molecule has 1 aliphatic rings. The van der Waals surface area contributed by atoms with Crippen molar-refractivity contribution in [1.82, 2.24) is 19.2 Å². The summed E-state index contributed by atoms with van der Waals surface area (Å²) in [5.41, 5.74) is 0. The Labute approximate surface area is 118 Å². The lowest BCUT2D eigenvalue weighted by molar-refractivity contribution is 0.187. The van der Waals surface area contributed by atoms with Gasteiger partial charge in [0.05, 0.1) is 6.33 Å². The summed E-state index contributed by atoms with van der Waals surface area (Å²) in [6, 6.07) is 0.242. The zero-order valence-corrected chi connectivity index (χ0v) is 12.7. The predicted octanol–water partition coefficient (Wildman–Crippen LogP) is 0.836. The third kappa shape index (κ3) is 3.28. The lowest BCUT2D eigenvalue weighted by Crippen LogP contribution is -2.44. The zero-order chi connectivity index (χ0) is 14.0. The number of likely N-dealkylation sites (tertiary alicyclic amines) is 1. The molecule has 108 valence electrons. The molecule has 1 aliphatic heterocycles. The van der Waals surface area contributed by atoms with Crippen LogP contribution in [0.3, 0.4) is 0 Å². The van der Waals surface area contributed by atoms with Gasteiger partial charge in [0.2, 0.25) is 5.03 Å². The quantitative estimate of drug-likeness (QED) is 0.895.